The van der Waals surface area contributed by atoms with E-state index in [9.17, 15) is 15.3 Å². The van der Waals surface area contributed by atoms with Gasteiger partial charge in [-0.15, -0.1) is 0 Å². The molecule has 0 spiro atoms. The highest BCUT2D eigenvalue weighted by molar-refractivity contribution is 8.00. The number of thioether (sulfide) groups is 1. The number of anilines is 3. The van der Waals surface area contributed by atoms with Crippen molar-refractivity contribution in [1.29, 1.82) is 10.5 Å². The molecular formula is C30H23N5O4S2. The molecule has 0 radical (unpaired) electrons. The summed E-state index contributed by atoms with van der Waals surface area (Å²) in [5.74, 6) is 0.755. The Kier molecular flexibility index (Phi) is 7.92. The summed E-state index contributed by atoms with van der Waals surface area (Å²) >= 11 is 2.69. The second kappa shape index (κ2) is 11.7. The molecule has 5 rings (SSSR count). The number of nitriles is 2. The van der Waals surface area contributed by atoms with Crippen LogP contribution in [0.2, 0.25) is 0 Å². The normalized spacial score (nSPS) is 11.5. The van der Waals surface area contributed by atoms with Gasteiger partial charge in [0.2, 0.25) is 11.7 Å². The van der Waals surface area contributed by atoms with Crippen LogP contribution in [0, 0.1) is 22.7 Å². The number of carbonyl (C=O) groups is 1. The number of amides is 1. The highest BCUT2D eigenvalue weighted by atomic mass is 32.2. The first-order chi connectivity index (χ1) is 19.9. The fraction of sp³-hybridized carbons (Fsp3) is 0.133. The maximum absolute atomic E-state index is 13.8. The molecule has 1 amide bonds. The Balaban J connectivity index is 1.56. The van der Waals surface area contributed by atoms with Crippen molar-refractivity contribution in [2.45, 2.75) is 14.8 Å². The molecular weight excluding hydrogens is 558 g/mol. The summed E-state index contributed by atoms with van der Waals surface area (Å²) in [6.07, 6.45) is 0. The number of ether oxygens (including phenoxy) is 3. The van der Waals surface area contributed by atoms with Crippen LogP contribution in [0.5, 0.6) is 17.2 Å². The standard InChI is InChI=1S/C30H23N5O4S2/c1-37-22-12-17(13-23(38-2)28(22)39-3)27-18(14-31)29(33)34-30(19(27)15-32)40-16-26(36)35-20-8-4-6-10-24(20)41-25-11-7-5-9-21(25)35/h4-13H,16H2,1-3H3,(H2,33,34). The van der Waals surface area contributed by atoms with Crippen LogP contribution < -0.4 is 24.8 Å². The number of nitrogens with two attached hydrogens (primary N) is 1. The van der Waals surface area contributed by atoms with E-state index < -0.39 is 0 Å². The fourth-order valence-corrected chi connectivity index (χ4v) is 6.49. The molecule has 9 nitrogen and oxygen atoms in total. The van der Waals surface area contributed by atoms with Crippen molar-refractivity contribution >= 4 is 46.6 Å². The second-order valence-electron chi connectivity index (χ2n) is 8.62. The molecule has 1 aromatic heterocycles. The van der Waals surface area contributed by atoms with Crippen molar-refractivity contribution in [2.24, 2.45) is 0 Å². The zero-order chi connectivity index (χ0) is 29.1. The molecule has 3 aromatic carbocycles. The molecule has 204 valence electrons. The highest BCUT2D eigenvalue weighted by Gasteiger charge is 2.29. The van der Waals surface area contributed by atoms with Crippen LogP contribution in [-0.2, 0) is 4.79 Å². The van der Waals surface area contributed by atoms with Gasteiger partial charge in [-0.1, -0.05) is 47.8 Å². The van der Waals surface area contributed by atoms with Crippen molar-refractivity contribution in [3.05, 3.63) is 71.8 Å². The third-order valence-corrected chi connectivity index (χ3v) is 8.47. The largest absolute Gasteiger partial charge is 0.493 e. The number of rotatable bonds is 7. The van der Waals surface area contributed by atoms with E-state index in [0.29, 0.717) is 22.8 Å². The summed E-state index contributed by atoms with van der Waals surface area (Å²) < 4.78 is 16.4. The summed E-state index contributed by atoms with van der Waals surface area (Å²) in [5.41, 5.74) is 8.65. The summed E-state index contributed by atoms with van der Waals surface area (Å²) in [6.45, 7) is 0. The van der Waals surface area contributed by atoms with Crippen molar-refractivity contribution in [3.8, 4) is 40.5 Å². The summed E-state index contributed by atoms with van der Waals surface area (Å²) in [5, 5.41) is 20.5. The number of methoxy groups -OCH3 is 3. The Morgan fingerprint density at radius 3 is 2.00 bits per heavy atom. The lowest BCUT2D eigenvalue weighted by atomic mass is 9.96. The van der Waals surface area contributed by atoms with E-state index in [0.717, 1.165) is 32.9 Å². The summed E-state index contributed by atoms with van der Waals surface area (Å²) in [4.78, 5) is 21.7. The number of pyridine rings is 1. The molecule has 0 fully saturated rings. The van der Waals surface area contributed by atoms with Crippen molar-refractivity contribution in [2.75, 3.05) is 37.7 Å². The number of hydrogen-bond acceptors (Lipinski definition) is 10. The molecule has 0 saturated carbocycles. The predicted octanol–water partition coefficient (Wildman–Crippen LogP) is 6.02. The van der Waals surface area contributed by atoms with Crippen LogP contribution in [0.4, 0.5) is 17.2 Å². The number of fused-ring (bicyclic) bond motifs is 2. The van der Waals surface area contributed by atoms with E-state index in [1.807, 2.05) is 48.5 Å². The number of nitrogens with zero attached hydrogens (tertiary/aromatic N) is 4. The Bertz CT molecular complexity index is 1690. The van der Waals surface area contributed by atoms with Crippen LogP contribution in [-0.4, -0.2) is 38.0 Å². The van der Waals surface area contributed by atoms with Gasteiger partial charge in [0.05, 0.1) is 44.0 Å². The van der Waals surface area contributed by atoms with Gasteiger partial charge in [0.25, 0.3) is 0 Å². The fourth-order valence-electron chi connectivity index (χ4n) is 4.58. The van der Waals surface area contributed by atoms with Gasteiger partial charge in [-0.3, -0.25) is 9.69 Å². The minimum absolute atomic E-state index is 0.0300. The van der Waals surface area contributed by atoms with Crippen molar-refractivity contribution < 1.29 is 19.0 Å². The topological polar surface area (TPSA) is 134 Å². The molecule has 11 heteroatoms. The third-order valence-electron chi connectivity index (χ3n) is 6.38. The molecule has 1 aliphatic rings. The van der Waals surface area contributed by atoms with Gasteiger partial charge < -0.3 is 19.9 Å². The molecule has 41 heavy (non-hydrogen) atoms. The molecule has 0 atom stereocenters. The average molecular weight is 582 g/mol. The number of carbonyl (C=O) groups excluding carboxylic acids is 1. The molecule has 2 N–H and O–H groups in total. The molecule has 2 heterocycles. The Morgan fingerprint density at radius 2 is 1.49 bits per heavy atom. The van der Waals surface area contributed by atoms with Crippen molar-refractivity contribution in [3.63, 3.8) is 0 Å². The van der Waals surface area contributed by atoms with Crippen LogP contribution in [0.15, 0.2) is 75.5 Å². The zero-order valence-electron chi connectivity index (χ0n) is 22.3. The van der Waals surface area contributed by atoms with Gasteiger partial charge >= 0.3 is 0 Å². The van der Waals surface area contributed by atoms with Crippen LogP contribution in [0.3, 0.4) is 0 Å². The molecule has 0 unspecified atom stereocenters. The molecule has 0 saturated heterocycles. The minimum atomic E-state index is -0.196. The van der Waals surface area contributed by atoms with Crippen LogP contribution in [0.25, 0.3) is 11.1 Å². The lowest BCUT2D eigenvalue weighted by Crippen LogP contribution is -2.30. The predicted molar refractivity (Wildman–Crippen MR) is 158 cm³/mol. The van der Waals surface area contributed by atoms with Gasteiger partial charge in [-0.05, 0) is 42.0 Å². The van der Waals surface area contributed by atoms with E-state index in [1.165, 1.54) is 21.3 Å². The van der Waals surface area contributed by atoms with Gasteiger partial charge in [-0.2, -0.15) is 10.5 Å². The van der Waals surface area contributed by atoms with E-state index in [-0.39, 0.29) is 39.2 Å². The third kappa shape index (κ3) is 4.97. The van der Waals surface area contributed by atoms with E-state index in [1.54, 1.807) is 28.8 Å². The van der Waals surface area contributed by atoms with Gasteiger partial charge in [0, 0.05) is 15.4 Å². The Hall–Kier alpha value is -4.84. The van der Waals surface area contributed by atoms with Gasteiger partial charge in [-0.25, -0.2) is 4.98 Å². The van der Waals surface area contributed by atoms with Crippen LogP contribution >= 0.6 is 23.5 Å². The Morgan fingerprint density at radius 1 is 0.927 bits per heavy atom. The molecule has 0 aliphatic carbocycles. The SMILES string of the molecule is COc1cc(-c2c(C#N)c(N)nc(SCC(=O)N3c4ccccc4Sc4ccccc43)c2C#N)cc(OC)c1OC. The van der Waals surface area contributed by atoms with E-state index >= 15 is 0 Å². The smallest absolute Gasteiger partial charge is 0.242 e. The highest BCUT2D eigenvalue weighted by Crippen LogP contribution is 2.48. The summed E-state index contributed by atoms with van der Waals surface area (Å²) in [6, 6.07) is 22.9. The van der Waals surface area contributed by atoms with Crippen molar-refractivity contribution in [1.82, 2.24) is 4.98 Å². The first-order valence-electron chi connectivity index (χ1n) is 12.2. The van der Waals surface area contributed by atoms with E-state index in [4.69, 9.17) is 19.9 Å². The maximum atomic E-state index is 13.8. The first kappa shape index (κ1) is 27.7. The number of para-hydroxylation sites is 2. The molecule has 0 bridgehead atoms. The summed E-state index contributed by atoms with van der Waals surface area (Å²) in [7, 11) is 4.43. The monoisotopic (exact) mass is 581 g/mol. The number of nitrogen functional groups attached to an aromatic ring is 1. The minimum Gasteiger partial charge on any atom is -0.493 e. The lowest BCUT2D eigenvalue weighted by Gasteiger charge is -2.31. The zero-order valence-corrected chi connectivity index (χ0v) is 23.9. The second-order valence-corrected chi connectivity index (χ2v) is 10.7. The Labute approximate surface area is 245 Å². The number of benzene rings is 3. The van der Waals surface area contributed by atoms with Crippen LogP contribution in [0.1, 0.15) is 11.1 Å². The quantitative estimate of drug-likeness (QED) is 0.258. The molecule has 4 aromatic rings. The number of hydrogen-bond donors (Lipinski definition) is 1. The van der Waals surface area contributed by atoms with Gasteiger partial charge in [0.1, 0.15) is 28.5 Å². The lowest BCUT2D eigenvalue weighted by molar-refractivity contribution is -0.115. The molecule has 1 aliphatic heterocycles. The maximum Gasteiger partial charge on any atom is 0.242 e. The number of aromatic nitrogens is 1. The van der Waals surface area contributed by atoms with Gasteiger partial charge in [0.15, 0.2) is 11.5 Å². The average Bonchev–Trinajstić information content (AvgIpc) is 3.01. The first-order valence-corrected chi connectivity index (χ1v) is 14.0. The van der Waals surface area contributed by atoms with E-state index in [2.05, 4.69) is 17.1 Å².